The molecule has 2 amide bonds. The van der Waals surface area contributed by atoms with E-state index in [2.05, 4.69) is 19.2 Å². The molecule has 0 rings (SSSR count). The lowest BCUT2D eigenvalue weighted by atomic mass is 10.0. The monoisotopic (exact) mass is 230 g/mol. The Morgan fingerprint density at radius 3 is 2.25 bits per heavy atom. The Hall–Kier alpha value is -1.14. The Morgan fingerprint density at radius 2 is 1.88 bits per heavy atom. The van der Waals surface area contributed by atoms with Crippen molar-refractivity contribution in [2.75, 3.05) is 20.6 Å². The molecule has 6 nitrogen and oxygen atoms in total. The quantitative estimate of drug-likeness (QED) is 0.312. The fraction of sp³-hybridized carbons (Fsp3) is 0.800. The molecule has 0 radical (unpaired) electrons. The van der Waals surface area contributed by atoms with Crippen LogP contribution in [-0.4, -0.2) is 43.4 Å². The summed E-state index contributed by atoms with van der Waals surface area (Å²) in [6.45, 7) is 4.02. The minimum atomic E-state index is -0.407. The van der Waals surface area contributed by atoms with Crippen molar-refractivity contribution in [1.82, 2.24) is 15.6 Å². The minimum absolute atomic E-state index is 0.0855. The summed E-state index contributed by atoms with van der Waals surface area (Å²) in [5, 5.41) is 2.55. The van der Waals surface area contributed by atoms with Crippen molar-refractivity contribution in [3.05, 3.63) is 0 Å². The molecule has 0 saturated heterocycles. The summed E-state index contributed by atoms with van der Waals surface area (Å²) < 4.78 is 0. The topological polar surface area (TPSA) is 87.5 Å². The molecule has 16 heavy (non-hydrogen) atoms. The van der Waals surface area contributed by atoms with E-state index in [0.29, 0.717) is 5.92 Å². The van der Waals surface area contributed by atoms with E-state index in [9.17, 15) is 9.59 Å². The Balaban J connectivity index is 4.22. The molecular formula is C10H22N4O2. The van der Waals surface area contributed by atoms with Gasteiger partial charge < -0.3 is 5.32 Å². The van der Waals surface area contributed by atoms with Crippen LogP contribution in [0.3, 0.4) is 0 Å². The molecule has 94 valence electrons. The number of carbonyl (C=O) groups excluding carboxylic acids is 2. The predicted octanol–water partition coefficient (Wildman–Crippen LogP) is -0.931. The van der Waals surface area contributed by atoms with E-state index < -0.39 is 5.91 Å². The number of nitrogens with one attached hydrogen (secondary N) is 2. The molecule has 0 saturated carbocycles. The van der Waals surface area contributed by atoms with Crippen LogP contribution >= 0.6 is 0 Å². The predicted molar refractivity (Wildman–Crippen MR) is 62.3 cm³/mol. The van der Waals surface area contributed by atoms with Crippen molar-refractivity contribution < 1.29 is 9.59 Å². The average molecular weight is 230 g/mol. The minimum Gasteiger partial charge on any atom is -0.346 e. The van der Waals surface area contributed by atoms with E-state index in [-0.39, 0.29) is 18.5 Å². The van der Waals surface area contributed by atoms with Gasteiger partial charge in [-0.1, -0.05) is 13.8 Å². The van der Waals surface area contributed by atoms with E-state index in [1.165, 1.54) is 0 Å². The van der Waals surface area contributed by atoms with Gasteiger partial charge in [-0.3, -0.25) is 19.9 Å². The number of nitrogens with zero attached hydrogens (tertiary/aromatic N) is 1. The Labute approximate surface area is 96.5 Å². The molecule has 0 aromatic carbocycles. The van der Waals surface area contributed by atoms with Gasteiger partial charge in [-0.15, -0.1) is 0 Å². The lowest BCUT2D eigenvalue weighted by Crippen LogP contribution is -2.48. The van der Waals surface area contributed by atoms with Crippen LogP contribution in [0.1, 0.15) is 20.3 Å². The molecule has 1 atom stereocenters. The van der Waals surface area contributed by atoms with Crippen molar-refractivity contribution in [2.24, 2.45) is 11.8 Å². The Morgan fingerprint density at radius 1 is 1.31 bits per heavy atom. The van der Waals surface area contributed by atoms with Crippen molar-refractivity contribution in [3.8, 4) is 0 Å². The molecule has 0 aromatic heterocycles. The molecule has 1 unspecified atom stereocenters. The Bertz CT molecular complexity index is 241. The summed E-state index contributed by atoms with van der Waals surface area (Å²) in [5.41, 5.74) is 1.96. The summed E-state index contributed by atoms with van der Waals surface area (Å²) in [6.07, 6.45) is 0.753. The van der Waals surface area contributed by atoms with Crippen molar-refractivity contribution in [2.45, 2.75) is 26.3 Å². The second kappa shape index (κ2) is 7.19. The number of hydrazine groups is 1. The SMILES string of the molecule is CC(C)CC(C(=O)NCC(=O)NN)N(C)C. The summed E-state index contributed by atoms with van der Waals surface area (Å²) in [4.78, 5) is 24.5. The highest BCUT2D eigenvalue weighted by molar-refractivity contribution is 5.87. The number of nitrogens with two attached hydrogens (primary N) is 1. The molecule has 0 aliphatic heterocycles. The summed E-state index contributed by atoms with van der Waals surface area (Å²) >= 11 is 0. The molecule has 0 aliphatic rings. The van der Waals surface area contributed by atoms with Crippen molar-refractivity contribution >= 4 is 11.8 Å². The molecule has 4 N–H and O–H groups in total. The number of rotatable bonds is 6. The number of hydrogen-bond donors (Lipinski definition) is 3. The van der Waals surface area contributed by atoms with Gasteiger partial charge in [0.15, 0.2) is 0 Å². The zero-order valence-electron chi connectivity index (χ0n) is 10.4. The largest absolute Gasteiger partial charge is 0.346 e. The van der Waals surface area contributed by atoms with Crippen LogP contribution in [0.25, 0.3) is 0 Å². The first-order chi connectivity index (χ1) is 7.38. The highest BCUT2D eigenvalue weighted by atomic mass is 16.2. The van der Waals surface area contributed by atoms with E-state index in [4.69, 9.17) is 5.84 Å². The van der Waals surface area contributed by atoms with Crippen molar-refractivity contribution in [3.63, 3.8) is 0 Å². The van der Waals surface area contributed by atoms with Crippen LogP contribution < -0.4 is 16.6 Å². The maximum absolute atomic E-state index is 11.8. The molecular weight excluding hydrogens is 208 g/mol. The molecule has 0 aliphatic carbocycles. The third kappa shape index (κ3) is 5.67. The zero-order chi connectivity index (χ0) is 12.7. The van der Waals surface area contributed by atoms with Crippen LogP contribution in [0, 0.1) is 5.92 Å². The number of carbonyl (C=O) groups is 2. The molecule has 0 spiro atoms. The van der Waals surface area contributed by atoms with Gasteiger partial charge in [0.05, 0.1) is 12.6 Å². The number of hydrogen-bond acceptors (Lipinski definition) is 4. The van der Waals surface area contributed by atoms with Gasteiger partial charge >= 0.3 is 0 Å². The molecule has 0 bridgehead atoms. The average Bonchev–Trinajstić information content (AvgIpc) is 2.21. The van der Waals surface area contributed by atoms with Crippen molar-refractivity contribution in [1.29, 1.82) is 0 Å². The van der Waals surface area contributed by atoms with Crippen LogP contribution in [0.4, 0.5) is 0 Å². The fourth-order valence-corrected chi connectivity index (χ4v) is 1.34. The standard InChI is InChI=1S/C10H22N4O2/c1-7(2)5-8(14(3)4)10(16)12-6-9(15)13-11/h7-8H,5-6,11H2,1-4H3,(H,12,16)(H,13,15). The molecule has 0 fully saturated rings. The first-order valence-corrected chi connectivity index (χ1v) is 5.32. The van der Waals surface area contributed by atoms with Crippen LogP contribution in [0.5, 0.6) is 0 Å². The lowest BCUT2D eigenvalue weighted by molar-refractivity contribution is -0.129. The maximum atomic E-state index is 11.8. The van der Waals surface area contributed by atoms with Gasteiger partial charge in [0, 0.05) is 0 Å². The van der Waals surface area contributed by atoms with E-state index in [1.807, 2.05) is 24.4 Å². The van der Waals surface area contributed by atoms with Crippen LogP contribution in [0.2, 0.25) is 0 Å². The second-order valence-corrected chi connectivity index (χ2v) is 4.39. The summed E-state index contributed by atoms with van der Waals surface area (Å²) in [5.74, 6) is 4.77. The summed E-state index contributed by atoms with van der Waals surface area (Å²) in [6, 6.07) is -0.217. The Kier molecular flexibility index (Phi) is 6.67. The molecule has 0 heterocycles. The smallest absolute Gasteiger partial charge is 0.253 e. The summed E-state index contributed by atoms with van der Waals surface area (Å²) in [7, 11) is 3.69. The first kappa shape index (κ1) is 14.9. The van der Waals surface area contributed by atoms with Crippen LogP contribution in [0.15, 0.2) is 0 Å². The van der Waals surface area contributed by atoms with Gasteiger partial charge in [0.25, 0.3) is 5.91 Å². The van der Waals surface area contributed by atoms with Gasteiger partial charge in [-0.25, -0.2) is 5.84 Å². The number of likely N-dealkylation sites (N-methyl/N-ethyl adjacent to an activating group) is 1. The van der Waals surface area contributed by atoms with E-state index >= 15 is 0 Å². The molecule has 6 heteroatoms. The zero-order valence-corrected chi connectivity index (χ0v) is 10.4. The normalized spacial score (nSPS) is 12.7. The lowest BCUT2D eigenvalue weighted by Gasteiger charge is -2.24. The van der Waals surface area contributed by atoms with Gasteiger partial charge in [0.2, 0.25) is 5.91 Å². The maximum Gasteiger partial charge on any atom is 0.253 e. The highest BCUT2D eigenvalue weighted by Crippen LogP contribution is 2.08. The van der Waals surface area contributed by atoms with E-state index in [0.717, 1.165) is 6.42 Å². The van der Waals surface area contributed by atoms with Gasteiger partial charge in [-0.05, 0) is 26.4 Å². The second-order valence-electron chi connectivity index (χ2n) is 4.39. The molecule has 0 aromatic rings. The fourth-order valence-electron chi connectivity index (χ4n) is 1.34. The third-order valence-electron chi connectivity index (χ3n) is 2.20. The third-order valence-corrected chi connectivity index (χ3v) is 2.20. The van der Waals surface area contributed by atoms with Crippen LogP contribution in [-0.2, 0) is 9.59 Å². The first-order valence-electron chi connectivity index (χ1n) is 5.32. The number of amides is 2. The highest BCUT2D eigenvalue weighted by Gasteiger charge is 2.21. The van der Waals surface area contributed by atoms with Gasteiger partial charge in [0.1, 0.15) is 0 Å². The van der Waals surface area contributed by atoms with Gasteiger partial charge in [-0.2, -0.15) is 0 Å². The van der Waals surface area contributed by atoms with E-state index in [1.54, 1.807) is 0 Å².